The zero-order valence-corrected chi connectivity index (χ0v) is 23.7. The van der Waals surface area contributed by atoms with Crippen molar-refractivity contribution >= 4 is 11.9 Å². The molecule has 0 N–H and O–H groups in total. The number of nitrogens with zero attached hydrogens (tertiary/aromatic N) is 1. The molecule has 0 saturated carbocycles. The molecule has 210 valence electrons. The topological polar surface area (TPSA) is 55.8 Å². The van der Waals surface area contributed by atoms with Gasteiger partial charge in [-0.15, -0.1) is 0 Å². The molecule has 0 aromatic heterocycles. The van der Waals surface area contributed by atoms with E-state index in [-0.39, 0.29) is 12.0 Å². The molecule has 0 radical (unpaired) electrons. The molecular formula is C31H57NO4. The Bertz CT molecular complexity index is 563. The minimum atomic E-state index is -0.493. The number of hydrogen-bond donors (Lipinski definition) is 0. The molecule has 0 aliphatic carbocycles. The molecule has 0 spiro atoms. The summed E-state index contributed by atoms with van der Waals surface area (Å²) in [5.74, 6) is -0.898. The number of esters is 2. The quantitative estimate of drug-likeness (QED) is 0.0891. The van der Waals surface area contributed by atoms with Crippen LogP contribution in [-0.4, -0.2) is 49.7 Å². The summed E-state index contributed by atoms with van der Waals surface area (Å²) in [6.07, 6.45) is 27.6. The first-order valence-electron chi connectivity index (χ1n) is 15.4. The Kier molecular flexibility index (Phi) is 21.8. The fraction of sp³-hybridized carbons (Fsp3) is 0.871. The van der Waals surface area contributed by atoms with E-state index < -0.39 is 11.9 Å². The van der Waals surface area contributed by atoms with Crippen LogP contribution < -0.4 is 0 Å². The summed E-state index contributed by atoms with van der Waals surface area (Å²) in [4.78, 5) is 25.7. The van der Waals surface area contributed by atoms with Gasteiger partial charge in [0.1, 0.15) is 13.2 Å². The minimum Gasteiger partial charge on any atom is -0.464 e. The van der Waals surface area contributed by atoms with Crippen molar-refractivity contribution in [2.75, 3.05) is 32.8 Å². The lowest BCUT2D eigenvalue weighted by atomic mass is 10.0. The molecule has 1 aliphatic heterocycles. The van der Waals surface area contributed by atoms with Crippen LogP contribution >= 0.6 is 0 Å². The number of unbranched alkanes of at least 4 members (excludes halogenated alkanes) is 19. The van der Waals surface area contributed by atoms with Crippen LogP contribution in [0.5, 0.6) is 0 Å². The highest BCUT2D eigenvalue weighted by Gasteiger charge is 2.17. The van der Waals surface area contributed by atoms with Gasteiger partial charge in [0.2, 0.25) is 0 Å². The summed E-state index contributed by atoms with van der Waals surface area (Å²) in [6.45, 7) is 8.92. The standard InChI is InChI=1S/C31H57NO4/c1-3-4-5-6-7-8-9-10-11-12-13-14-15-16-17-18-19-20-21-22-23-32-24-26-35-30(33)28-29(2)31(34)36-27-25-32/h2-28H2,1H3. The second-order valence-electron chi connectivity index (χ2n) is 10.7. The van der Waals surface area contributed by atoms with Crippen LogP contribution in [0, 0.1) is 0 Å². The molecule has 0 bridgehead atoms. The molecule has 5 nitrogen and oxygen atoms in total. The zero-order valence-electron chi connectivity index (χ0n) is 23.7. The monoisotopic (exact) mass is 507 g/mol. The number of ether oxygens (including phenoxy) is 2. The molecule has 1 saturated heterocycles. The summed E-state index contributed by atoms with van der Waals surface area (Å²) in [6, 6.07) is 0. The van der Waals surface area contributed by atoms with Crippen molar-refractivity contribution in [3.8, 4) is 0 Å². The fourth-order valence-electron chi connectivity index (χ4n) is 4.88. The van der Waals surface area contributed by atoms with Gasteiger partial charge in [-0.1, -0.05) is 135 Å². The molecule has 1 aliphatic rings. The second-order valence-corrected chi connectivity index (χ2v) is 10.7. The molecule has 0 aromatic rings. The van der Waals surface area contributed by atoms with Crippen LogP contribution in [0.15, 0.2) is 12.2 Å². The van der Waals surface area contributed by atoms with Gasteiger partial charge in [0.15, 0.2) is 0 Å². The lowest BCUT2D eigenvalue weighted by Crippen LogP contribution is -2.32. The maximum Gasteiger partial charge on any atom is 0.334 e. The first-order valence-corrected chi connectivity index (χ1v) is 15.4. The summed E-state index contributed by atoms with van der Waals surface area (Å²) in [5, 5.41) is 0. The number of rotatable bonds is 21. The van der Waals surface area contributed by atoms with E-state index in [0.717, 1.165) is 13.0 Å². The molecule has 1 heterocycles. The van der Waals surface area contributed by atoms with Gasteiger partial charge in [0, 0.05) is 18.7 Å². The van der Waals surface area contributed by atoms with Gasteiger partial charge in [0.05, 0.1) is 6.42 Å². The third-order valence-electron chi connectivity index (χ3n) is 7.29. The molecule has 0 unspecified atom stereocenters. The summed E-state index contributed by atoms with van der Waals surface area (Å²) < 4.78 is 10.4. The van der Waals surface area contributed by atoms with Crippen LogP contribution in [-0.2, 0) is 19.1 Å². The third kappa shape index (κ3) is 19.8. The van der Waals surface area contributed by atoms with E-state index in [1.807, 2.05) is 0 Å². The highest BCUT2D eigenvalue weighted by molar-refractivity contribution is 5.93. The lowest BCUT2D eigenvalue weighted by Gasteiger charge is -2.21. The predicted octanol–water partition coefficient (Wildman–Crippen LogP) is 8.16. The Morgan fingerprint density at radius 2 is 1.00 bits per heavy atom. The SMILES string of the molecule is C=C1CC(=O)OCCN(CCCCCCCCCCCCCCCCCCCCCC)CCOC1=O. The maximum atomic E-state index is 11.8. The van der Waals surface area contributed by atoms with E-state index in [2.05, 4.69) is 18.4 Å². The van der Waals surface area contributed by atoms with E-state index in [9.17, 15) is 9.59 Å². The molecule has 0 aromatic carbocycles. The van der Waals surface area contributed by atoms with E-state index in [1.165, 1.54) is 122 Å². The molecule has 0 atom stereocenters. The third-order valence-corrected chi connectivity index (χ3v) is 7.29. The Labute approximate surface area is 222 Å². The highest BCUT2D eigenvalue weighted by atomic mass is 16.5. The summed E-state index contributed by atoms with van der Waals surface area (Å²) in [7, 11) is 0. The first-order chi connectivity index (χ1) is 17.6. The van der Waals surface area contributed by atoms with Crippen molar-refractivity contribution in [1.82, 2.24) is 4.90 Å². The first kappa shape index (κ1) is 32.7. The van der Waals surface area contributed by atoms with Crippen molar-refractivity contribution in [3.63, 3.8) is 0 Å². The normalized spacial score (nSPS) is 16.0. The van der Waals surface area contributed by atoms with Crippen molar-refractivity contribution in [1.29, 1.82) is 0 Å². The number of cyclic esters (lactones) is 2. The highest BCUT2D eigenvalue weighted by Crippen LogP contribution is 2.15. The number of carbonyl (C=O) groups excluding carboxylic acids is 2. The van der Waals surface area contributed by atoms with Gasteiger partial charge in [-0.2, -0.15) is 0 Å². The molecule has 0 amide bonds. The Morgan fingerprint density at radius 1 is 0.611 bits per heavy atom. The smallest absolute Gasteiger partial charge is 0.334 e. The molecule has 36 heavy (non-hydrogen) atoms. The minimum absolute atomic E-state index is 0.0851. The number of hydrogen-bond acceptors (Lipinski definition) is 5. The van der Waals surface area contributed by atoms with Crippen LogP contribution in [0.2, 0.25) is 0 Å². The predicted molar refractivity (Wildman–Crippen MR) is 150 cm³/mol. The van der Waals surface area contributed by atoms with Crippen molar-refractivity contribution in [2.45, 2.75) is 142 Å². The van der Waals surface area contributed by atoms with E-state index >= 15 is 0 Å². The van der Waals surface area contributed by atoms with Crippen LogP contribution in [0.1, 0.15) is 142 Å². The van der Waals surface area contributed by atoms with E-state index in [1.54, 1.807) is 0 Å². The van der Waals surface area contributed by atoms with Gasteiger partial charge < -0.3 is 9.47 Å². The number of carbonyl (C=O) groups is 2. The van der Waals surface area contributed by atoms with Crippen molar-refractivity contribution < 1.29 is 19.1 Å². The van der Waals surface area contributed by atoms with Crippen molar-refractivity contribution in [2.24, 2.45) is 0 Å². The van der Waals surface area contributed by atoms with Gasteiger partial charge in [-0.05, 0) is 13.0 Å². The fourth-order valence-corrected chi connectivity index (χ4v) is 4.88. The van der Waals surface area contributed by atoms with E-state index in [4.69, 9.17) is 9.47 Å². The largest absolute Gasteiger partial charge is 0.464 e. The lowest BCUT2D eigenvalue weighted by molar-refractivity contribution is -0.145. The maximum absolute atomic E-state index is 11.8. The van der Waals surface area contributed by atoms with Gasteiger partial charge >= 0.3 is 11.9 Å². The Balaban J connectivity index is 1.86. The molecule has 1 rings (SSSR count). The second kappa shape index (κ2) is 24.0. The van der Waals surface area contributed by atoms with Crippen molar-refractivity contribution in [3.05, 3.63) is 12.2 Å². The summed E-state index contributed by atoms with van der Waals surface area (Å²) >= 11 is 0. The average Bonchev–Trinajstić information content (AvgIpc) is 2.89. The van der Waals surface area contributed by atoms with Gasteiger partial charge in [-0.3, -0.25) is 9.69 Å². The molecular weight excluding hydrogens is 450 g/mol. The average molecular weight is 508 g/mol. The van der Waals surface area contributed by atoms with Crippen LogP contribution in [0.3, 0.4) is 0 Å². The summed E-state index contributed by atoms with van der Waals surface area (Å²) in [5.41, 5.74) is 0.169. The molecule has 5 heteroatoms. The Hall–Kier alpha value is -1.36. The zero-order chi connectivity index (χ0) is 26.1. The molecule has 1 fully saturated rings. The Morgan fingerprint density at radius 3 is 1.44 bits per heavy atom. The van der Waals surface area contributed by atoms with Crippen LogP contribution in [0.25, 0.3) is 0 Å². The van der Waals surface area contributed by atoms with E-state index in [0.29, 0.717) is 26.3 Å². The van der Waals surface area contributed by atoms with Gasteiger partial charge in [-0.25, -0.2) is 4.79 Å². The van der Waals surface area contributed by atoms with Crippen LogP contribution in [0.4, 0.5) is 0 Å². The van der Waals surface area contributed by atoms with Gasteiger partial charge in [0.25, 0.3) is 0 Å².